The number of ether oxygens (including phenoxy) is 2. The van der Waals surface area contributed by atoms with Crippen LogP contribution in [0.5, 0.6) is 6.01 Å². The third kappa shape index (κ3) is 5.96. The number of nitrogens with zero attached hydrogens (tertiary/aromatic N) is 7. The number of aromatic nitrogens is 4. The summed E-state index contributed by atoms with van der Waals surface area (Å²) in [5.74, 6) is 0.609. The van der Waals surface area contributed by atoms with Gasteiger partial charge in [-0.25, -0.2) is 14.3 Å². The molecular formula is C32H41N7O4. The Hall–Kier alpha value is -3.96. The fraction of sp³-hybridized carbons (Fsp3) is 0.500. The maximum atomic E-state index is 12.8. The first-order valence-electron chi connectivity index (χ1n) is 15.1. The van der Waals surface area contributed by atoms with Crippen LogP contribution >= 0.6 is 0 Å². The number of piperazine rings is 1. The largest absolute Gasteiger partial charge is 0.461 e. The molecule has 3 atom stereocenters. The van der Waals surface area contributed by atoms with Gasteiger partial charge >= 0.3 is 12.1 Å². The van der Waals surface area contributed by atoms with Gasteiger partial charge in [-0.05, 0) is 70.5 Å². The summed E-state index contributed by atoms with van der Waals surface area (Å²) in [4.78, 5) is 28.5. The fourth-order valence-corrected chi connectivity index (χ4v) is 6.08. The average molecular weight is 588 g/mol. The number of hydrogen-bond donors (Lipinski definition) is 1. The summed E-state index contributed by atoms with van der Waals surface area (Å²) in [6.07, 6.45) is 2.57. The van der Waals surface area contributed by atoms with Gasteiger partial charge in [0, 0.05) is 31.7 Å². The number of fused-ring (bicyclic) bond motifs is 2. The predicted molar refractivity (Wildman–Crippen MR) is 165 cm³/mol. The van der Waals surface area contributed by atoms with Crippen molar-refractivity contribution in [2.24, 2.45) is 0 Å². The van der Waals surface area contributed by atoms with Crippen LogP contribution in [0.25, 0.3) is 16.4 Å². The first kappa shape index (κ1) is 29.1. The molecule has 2 aliphatic heterocycles. The molecule has 228 valence electrons. The second kappa shape index (κ2) is 11.6. The molecule has 0 aliphatic carbocycles. The Kier molecular flexibility index (Phi) is 7.87. The number of rotatable bonds is 6. The lowest BCUT2D eigenvalue weighted by Crippen LogP contribution is -2.55. The molecule has 2 aromatic heterocycles. The molecule has 43 heavy (non-hydrogen) atoms. The van der Waals surface area contributed by atoms with Crippen molar-refractivity contribution in [1.82, 2.24) is 29.4 Å². The molecule has 1 amide bonds. The number of amides is 1. The van der Waals surface area contributed by atoms with Crippen LogP contribution in [0.15, 0.2) is 48.7 Å². The van der Waals surface area contributed by atoms with E-state index >= 15 is 0 Å². The number of likely N-dealkylation sites (N-methyl/N-ethyl adjacent to an activating group) is 1. The minimum atomic E-state index is -0.973. The van der Waals surface area contributed by atoms with Gasteiger partial charge in [0.1, 0.15) is 18.3 Å². The van der Waals surface area contributed by atoms with Gasteiger partial charge in [-0.15, -0.1) is 5.10 Å². The lowest BCUT2D eigenvalue weighted by molar-refractivity contribution is 0.0218. The molecule has 2 saturated heterocycles. The second-order valence-electron chi connectivity index (χ2n) is 12.7. The van der Waals surface area contributed by atoms with Crippen molar-refractivity contribution in [2.75, 3.05) is 44.7 Å². The molecule has 2 fully saturated rings. The Balaban J connectivity index is 1.35. The van der Waals surface area contributed by atoms with E-state index in [1.54, 1.807) is 15.6 Å². The Morgan fingerprint density at radius 2 is 1.91 bits per heavy atom. The van der Waals surface area contributed by atoms with Gasteiger partial charge in [-0.1, -0.05) is 42.5 Å². The first-order chi connectivity index (χ1) is 20.6. The zero-order valence-corrected chi connectivity index (χ0v) is 25.6. The van der Waals surface area contributed by atoms with E-state index in [0.717, 1.165) is 35.7 Å². The summed E-state index contributed by atoms with van der Waals surface area (Å²) >= 11 is 0. The van der Waals surface area contributed by atoms with Crippen LogP contribution in [0.2, 0.25) is 0 Å². The molecule has 0 spiro atoms. The Bertz CT molecular complexity index is 1610. The third-order valence-electron chi connectivity index (χ3n) is 8.38. The molecule has 2 aliphatic rings. The molecule has 6 rings (SSSR count). The average Bonchev–Trinajstić information content (AvgIpc) is 3.60. The highest BCUT2D eigenvalue weighted by atomic mass is 16.6. The number of likely N-dealkylation sites (tertiary alicyclic amines) is 1. The van der Waals surface area contributed by atoms with E-state index in [2.05, 4.69) is 23.8 Å². The highest BCUT2D eigenvalue weighted by molar-refractivity contribution is 5.86. The standard InChI is InChI=1S/C32H41N7O4/c1-21-19-37(31(41)43-32(2,3)4)16-17-38(21)29-28-33-18-26(27(40)25-14-8-11-22-10-6-7-13-24(22)25)39(28)35-30(34-29)42-20-23-12-9-15-36(23)5/h6-8,10-11,13-14,18,21,23,27,40H,9,12,15-17,19-20H2,1-5H3/t21-,23-,27?/m0/s1. The van der Waals surface area contributed by atoms with Crippen molar-refractivity contribution < 1.29 is 19.4 Å². The summed E-state index contributed by atoms with van der Waals surface area (Å²) in [6, 6.07) is 14.4. The SMILES string of the molecule is C[C@H]1CN(C(=O)OC(C)(C)C)CCN1c1nc(OC[C@@H]2CCCN2C)nn2c(C(O)c3cccc4ccccc34)cnc12. The minimum absolute atomic E-state index is 0.0723. The molecule has 0 radical (unpaired) electrons. The van der Waals surface area contributed by atoms with Crippen molar-refractivity contribution in [3.8, 4) is 6.01 Å². The molecule has 1 N–H and O–H groups in total. The maximum Gasteiger partial charge on any atom is 0.410 e. The quantitative estimate of drug-likeness (QED) is 0.354. The van der Waals surface area contributed by atoms with Crippen molar-refractivity contribution in [2.45, 2.75) is 64.3 Å². The number of benzene rings is 2. The number of hydrogen-bond acceptors (Lipinski definition) is 9. The van der Waals surface area contributed by atoms with Crippen molar-refractivity contribution >= 4 is 28.3 Å². The van der Waals surface area contributed by atoms with E-state index in [4.69, 9.17) is 24.5 Å². The highest BCUT2D eigenvalue weighted by Gasteiger charge is 2.33. The molecule has 0 saturated carbocycles. The van der Waals surface area contributed by atoms with Crippen molar-refractivity contribution in [3.63, 3.8) is 0 Å². The number of carbonyl (C=O) groups excluding carboxylic acids is 1. The van der Waals surface area contributed by atoms with Gasteiger partial charge in [0.2, 0.25) is 0 Å². The lowest BCUT2D eigenvalue weighted by atomic mass is 9.99. The summed E-state index contributed by atoms with van der Waals surface area (Å²) in [5, 5.41) is 18.5. The normalized spacial score (nSPS) is 20.6. The third-order valence-corrected chi connectivity index (χ3v) is 8.38. The van der Waals surface area contributed by atoms with Gasteiger partial charge in [-0.2, -0.15) is 4.98 Å². The molecule has 1 unspecified atom stereocenters. The van der Waals surface area contributed by atoms with Crippen LogP contribution in [0, 0.1) is 0 Å². The highest BCUT2D eigenvalue weighted by Crippen LogP contribution is 2.32. The van der Waals surface area contributed by atoms with E-state index in [-0.39, 0.29) is 18.1 Å². The van der Waals surface area contributed by atoms with Gasteiger partial charge in [-0.3, -0.25) is 0 Å². The molecule has 11 heteroatoms. The lowest BCUT2D eigenvalue weighted by Gasteiger charge is -2.40. The monoisotopic (exact) mass is 587 g/mol. The number of imidazole rings is 1. The van der Waals surface area contributed by atoms with Crippen molar-refractivity contribution in [1.29, 1.82) is 0 Å². The van der Waals surface area contributed by atoms with E-state index in [0.29, 0.717) is 49.4 Å². The van der Waals surface area contributed by atoms with E-state index < -0.39 is 11.7 Å². The number of anilines is 1. The fourth-order valence-electron chi connectivity index (χ4n) is 6.08. The van der Waals surface area contributed by atoms with Crippen LogP contribution < -0.4 is 9.64 Å². The van der Waals surface area contributed by atoms with Crippen molar-refractivity contribution in [3.05, 3.63) is 59.9 Å². The van der Waals surface area contributed by atoms with E-state index in [1.807, 2.05) is 63.2 Å². The number of aliphatic hydroxyl groups excluding tert-OH is 1. The summed E-state index contributed by atoms with van der Waals surface area (Å²) < 4.78 is 13.5. The molecule has 4 aromatic rings. The Morgan fingerprint density at radius 1 is 1.12 bits per heavy atom. The van der Waals surface area contributed by atoms with Crippen LogP contribution in [0.4, 0.5) is 10.6 Å². The summed E-state index contributed by atoms with van der Waals surface area (Å²) in [5.41, 5.74) is 1.26. The molecule has 11 nitrogen and oxygen atoms in total. The smallest absolute Gasteiger partial charge is 0.410 e. The zero-order valence-electron chi connectivity index (χ0n) is 25.6. The van der Waals surface area contributed by atoms with E-state index in [9.17, 15) is 9.90 Å². The van der Waals surface area contributed by atoms with Gasteiger partial charge in [0.25, 0.3) is 0 Å². The van der Waals surface area contributed by atoms with E-state index in [1.165, 1.54) is 0 Å². The molecule has 4 heterocycles. The van der Waals surface area contributed by atoms with Crippen LogP contribution in [-0.4, -0.2) is 98.1 Å². The van der Waals surface area contributed by atoms with Crippen LogP contribution in [0.1, 0.15) is 57.9 Å². The Morgan fingerprint density at radius 3 is 2.65 bits per heavy atom. The Labute approximate surface area is 252 Å². The minimum Gasteiger partial charge on any atom is -0.461 e. The van der Waals surface area contributed by atoms with Crippen LogP contribution in [-0.2, 0) is 4.74 Å². The molecule has 0 bridgehead atoms. The molecular weight excluding hydrogens is 546 g/mol. The van der Waals surface area contributed by atoms with Gasteiger partial charge in [0.15, 0.2) is 11.5 Å². The number of carbonyl (C=O) groups is 1. The summed E-state index contributed by atoms with van der Waals surface area (Å²) in [6.45, 7) is 10.7. The predicted octanol–water partition coefficient (Wildman–Crippen LogP) is 4.28. The van der Waals surface area contributed by atoms with Gasteiger partial charge < -0.3 is 29.3 Å². The number of aliphatic hydroxyl groups is 1. The molecule has 2 aromatic carbocycles. The topological polar surface area (TPSA) is 109 Å². The second-order valence-corrected chi connectivity index (χ2v) is 12.7. The van der Waals surface area contributed by atoms with Crippen LogP contribution in [0.3, 0.4) is 0 Å². The summed E-state index contributed by atoms with van der Waals surface area (Å²) in [7, 11) is 2.11. The zero-order chi connectivity index (χ0) is 30.3. The van der Waals surface area contributed by atoms with Gasteiger partial charge in [0.05, 0.1) is 11.9 Å². The maximum absolute atomic E-state index is 12.8. The first-order valence-corrected chi connectivity index (χ1v) is 15.1.